The highest BCUT2D eigenvalue weighted by molar-refractivity contribution is 5.57. The van der Waals surface area contributed by atoms with Gasteiger partial charge in [0.2, 0.25) is 0 Å². The highest BCUT2D eigenvalue weighted by Gasteiger charge is 1.92. The Kier molecular flexibility index (Phi) is 2.88. The molecule has 0 spiro atoms. The zero-order chi connectivity index (χ0) is 8.97. The van der Waals surface area contributed by atoms with Crippen molar-refractivity contribution < 1.29 is 0 Å². The van der Waals surface area contributed by atoms with E-state index in [4.69, 9.17) is 11.5 Å². The highest BCUT2D eigenvalue weighted by Crippen LogP contribution is 2.13. The first-order chi connectivity index (χ1) is 5.74. The summed E-state index contributed by atoms with van der Waals surface area (Å²) < 4.78 is 0. The molecule has 0 atom stereocenters. The van der Waals surface area contributed by atoms with Gasteiger partial charge in [0.25, 0.3) is 0 Å². The molecule has 2 heteroatoms. The van der Waals surface area contributed by atoms with Crippen molar-refractivity contribution in [3.05, 3.63) is 35.4 Å². The first kappa shape index (κ1) is 8.81. The van der Waals surface area contributed by atoms with Crippen molar-refractivity contribution in [3.8, 4) is 0 Å². The topological polar surface area (TPSA) is 52.0 Å². The Balaban J connectivity index is 2.89. The van der Waals surface area contributed by atoms with Gasteiger partial charge in [0.1, 0.15) is 0 Å². The molecule has 0 unspecified atom stereocenters. The van der Waals surface area contributed by atoms with E-state index in [1.807, 2.05) is 37.3 Å². The van der Waals surface area contributed by atoms with E-state index in [1.165, 1.54) is 0 Å². The van der Waals surface area contributed by atoms with Crippen molar-refractivity contribution in [2.45, 2.75) is 6.92 Å². The maximum atomic E-state index is 5.67. The molecule has 1 aromatic carbocycles. The fraction of sp³-hybridized carbons (Fsp3) is 0.200. The minimum atomic E-state index is 0.573. The number of anilines is 1. The third kappa shape index (κ3) is 2.10. The molecule has 64 valence electrons. The molecular formula is C10H14N2. The molecule has 0 aliphatic rings. The number of benzene rings is 1. The molecule has 2 nitrogen and oxygen atoms in total. The van der Waals surface area contributed by atoms with E-state index >= 15 is 0 Å². The minimum Gasteiger partial charge on any atom is -0.399 e. The van der Waals surface area contributed by atoms with Crippen LogP contribution < -0.4 is 11.5 Å². The summed E-state index contributed by atoms with van der Waals surface area (Å²) in [6, 6.07) is 5.93. The Bertz CT molecular complexity index is 290. The molecule has 4 N–H and O–H groups in total. The van der Waals surface area contributed by atoms with Gasteiger partial charge in [0.15, 0.2) is 0 Å². The smallest absolute Gasteiger partial charge is 0.0344 e. The van der Waals surface area contributed by atoms with E-state index in [0.717, 1.165) is 16.8 Å². The first-order valence-corrected chi connectivity index (χ1v) is 3.97. The molecule has 0 heterocycles. The highest BCUT2D eigenvalue weighted by atomic mass is 14.5. The van der Waals surface area contributed by atoms with Crippen molar-refractivity contribution in [1.82, 2.24) is 0 Å². The second kappa shape index (κ2) is 3.93. The second-order valence-electron chi connectivity index (χ2n) is 2.75. The molecule has 0 radical (unpaired) electrons. The lowest BCUT2D eigenvalue weighted by Crippen LogP contribution is -1.92. The molecule has 0 aliphatic carbocycles. The third-order valence-corrected chi connectivity index (χ3v) is 1.74. The average molecular weight is 162 g/mol. The number of hydrogen-bond donors (Lipinski definition) is 2. The Hall–Kier alpha value is -1.28. The van der Waals surface area contributed by atoms with Crippen LogP contribution in [0.15, 0.2) is 24.3 Å². The van der Waals surface area contributed by atoms with Gasteiger partial charge < -0.3 is 11.5 Å². The number of nitrogen functional groups attached to an aromatic ring is 1. The number of rotatable bonds is 2. The van der Waals surface area contributed by atoms with Gasteiger partial charge in [-0.2, -0.15) is 0 Å². The van der Waals surface area contributed by atoms with E-state index < -0.39 is 0 Å². The van der Waals surface area contributed by atoms with E-state index in [9.17, 15) is 0 Å². The third-order valence-electron chi connectivity index (χ3n) is 1.74. The summed E-state index contributed by atoms with van der Waals surface area (Å²) in [5.41, 5.74) is 14.1. The van der Waals surface area contributed by atoms with Crippen LogP contribution in [0.3, 0.4) is 0 Å². The van der Waals surface area contributed by atoms with Gasteiger partial charge in [0, 0.05) is 12.2 Å². The summed E-state index contributed by atoms with van der Waals surface area (Å²) in [5, 5.41) is 0. The number of nitrogens with two attached hydrogens (primary N) is 2. The largest absolute Gasteiger partial charge is 0.399 e. The Morgan fingerprint density at radius 1 is 1.42 bits per heavy atom. The summed E-state index contributed by atoms with van der Waals surface area (Å²) in [5.74, 6) is 0. The van der Waals surface area contributed by atoms with E-state index in [1.54, 1.807) is 0 Å². The van der Waals surface area contributed by atoms with Crippen LogP contribution in [0.4, 0.5) is 5.69 Å². The zero-order valence-electron chi connectivity index (χ0n) is 7.25. The summed E-state index contributed by atoms with van der Waals surface area (Å²) in [6.45, 7) is 2.57. The van der Waals surface area contributed by atoms with Crippen molar-refractivity contribution in [1.29, 1.82) is 0 Å². The molecule has 0 aliphatic heterocycles. The maximum absolute atomic E-state index is 5.67. The quantitative estimate of drug-likeness (QED) is 0.648. The van der Waals surface area contributed by atoms with Gasteiger partial charge in [-0.1, -0.05) is 24.3 Å². The Morgan fingerprint density at radius 2 is 2.17 bits per heavy atom. The van der Waals surface area contributed by atoms with Crippen molar-refractivity contribution in [2.24, 2.45) is 5.73 Å². The van der Waals surface area contributed by atoms with Crippen LogP contribution in [-0.4, -0.2) is 6.54 Å². The molecule has 1 rings (SSSR count). The second-order valence-corrected chi connectivity index (χ2v) is 2.75. The molecule has 0 saturated carbocycles. The predicted molar refractivity (Wildman–Crippen MR) is 53.7 cm³/mol. The van der Waals surface area contributed by atoms with Crippen molar-refractivity contribution >= 4 is 11.8 Å². The van der Waals surface area contributed by atoms with Gasteiger partial charge in [-0.15, -0.1) is 0 Å². The zero-order valence-corrected chi connectivity index (χ0v) is 7.25. The van der Waals surface area contributed by atoms with Crippen LogP contribution in [0.1, 0.15) is 11.1 Å². The van der Waals surface area contributed by atoms with Crippen LogP contribution in [-0.2, 0) is 0 Å². The fourth-order valence-electron chi connectivity index (χ4n) is 1.01. The van der Waals surface area contributed by atoms with E-state index in [-0.39, 0.29) is 0 Å². The lowest BCUT2D eigenvalue weighted by Gasteiger charge is -2.00. The van der Waals surface area contributed by atoms with Gasteiger partial charge in [-0.05, 0) is 24.1 Å². The first-order valence-electron chi connectivity index (χ1n) is 3.97. The van der Waals surface area contributed by atoms with Crippen LogP contribution in [0.25, 0.3) is 6.08 Å². The molecule has 0 aromatic heterocycles. The van der Waals surface area contributed by atoms with Gasteiger partial charge >= 0.3 is 0 Å². The summed E-state index contributed by atoms with van der Waals surface area (Å²) in [7, 11) is 0. The molecule has 12 heavy (non-hydrogen) atoms. The molecular weight excluding hydrogens is 148 g/mol. The summed E-state index contributed by atoms with van der Waals surface area (Å²) >= 11 is 0. The van der Waals surface area contributed by atoms with Crippen molar-refractivity contribution in [2.75, 3.05) is 12.3 Å². The number of hydrogen-bond acceptors (Lipinski definition) is 2. The Labute approximate surface area is 72.9 Å². The van der Waals surface area contributed by atoms with Gasteiger partial charge in [-0.3, -0.25) is 0 Å². The lowest BCUT2D eigenvalue weighted by atomic mass is 10.1. The summed E-state index contributed by atoms with van der Waals surface area (Å²) in [4.78, 5) is 0. The van der Waals surface area contributed by atoms with Crippen LogP contribution in [0.2, 0.25) is 0 Å². The van der Waals surface area contributed by atoms with Gasteiger partial charge in [0.05, 0.1) is 0 Å². The maximum Gasteiger partial charge on any atom is 0.0344 e. The van der Waals surface area contributed by atoms with Crippen LogP contribution in [0.5, 0.6) is 0 Å². The summed E-state index contributed by atoms with van der Waals surface area (Å²) in [6.07, 6.45) is 3.91. The van der Waals surface area contributed by atoms with Crippen LogP contribution in [0, 0.1) is 6.92 Å². The molecule has 1 aromatic rings. The average Bonchev–Trinajstić information content (AvgIpc) is 2.07. The Morgan fingerprint density at radius 3 is 2.75 bits per heavy atom. The fourth-order valence-corrected chi connectivity index (χ4v) is 1.01. The van der Waals surface area contributed by atoms with E-state index in [0.29, 0.717) is 6.54 Å². The molecule has 0 bridgehead atoms. The van der Waals surface area contributed by atoms with Gasteiger partial charge in [-0.25, -0.2) is 0 Å². The molecule has 0 fully saturated rings. The molecule has 0 amide bonds. The normalized spacial score (nSPS) is 10.8. The van der Waals surface area contributed by atoms with Crippen molar-refractivity contribution in [3.63, 3.8) is 0 Å². The van der Waals surface area contributed by atoms with E-state index in [2.05, 4.69) is 0 Å². The minimum absolute atomic E-state index is 0.573. The monoisotopic (exact) mass is 162 g/mol. The standard InChI is InChI=1S/C10H14N2/c1-8-7-9(3-2-6-11)4-5-10(8)12/h2-5,7H,6,11-12H2,1H3. The SMILES string of the molecule is Cc1cc(C=CCN)ccc1N. The predicted octanol–water partition coefficient (Wildman–Crippen LogP) is 1.55. The number of aryl methyl sites for hydroxylation is 1. The lowest BCUT2D eigenvalue weighted by molar-refractivity contribution is 1.26. The van der Waals surface area contributed by atoms with Crippen LogP contribution >= 0.6 is 0 Å². The molecule has 0 saturated heterocycles.